The number of nitrogens with zero attached hydrogens (tertiary/aromatic N) is 1. The summed E-state index contributed by atoms with van der Waals surface area (Å²) in [4.78, 5) is 2.51. The summed E-state index contributed by atoms with van der Waals surface area (Å²) in [5, 5.41) is 2.64. The summed E-state index contributed by atoms with van der Waals surface area (Å²) in [5.74, 6) is 0. The van der Waals surface area contributed by atoms with Crippen molar-refractivity contribution < 1.29 is 0 Å². The third-order valence-electron chi connectivity index (χ3n) is 10.9. The number of benzene rings is 7. The highest BCUT2D eigenvalue weighted by Crippen LogP contribution is 2.40. The van der Waals surface area contributed by atoms with Gasteiger partial charge in [-0.25, -0.2) is 0 Å². The van der Waals surface area contributed by atoms with Gasteiger partial charge in [0.25, 0.3) is 0 Å². The van der Waals surface area contributed by atoms with E-state index >= 15 is 0 Å². The van der Waals surface area contributed by atoms with E-state index < -0.39 is 0 Å². The van der Waals surface area contributed by atoms with Crippen LogP contribution in [-0.2, 0) is 0 Å². The van der Waals surface area contributed by atoms with E-state index in [9.17, 15) is 0 Å². The molecule has 7 aromatic carbocycles. The van der Waals surface area contributed by atoms with Crippen LogP contribution >= 0.6 is 11.3 Å². The van der Waals surface area contributed by atoms with Crippen molar-refractivity contribution in [2.24, 2.45) is 0 Å². The van der Waals surface area contributed by atoms with Gasteiger partial charge in [-0.1, -0.05) is 164 Å². The van der Waals surface area contributed by atoms with E-state index in [1.165, 1.54) is 81.5 Å². The Morgan fingerprint density at radius 2 is 1.21 bits per heavy atom. The second-order valence-electron chi connectivity index (χ2n) is 14.6. The summed E-state index contributed by atoms with van der Waals surface area (Å²) in [7, 11) is 0. The van der Waals surface area contributed by atoms with Crippen LogP contribution in [0.15, 0.2) is 219 Å². The molecule has 0 unspecified atom stereocenters. The molecule has 1 atom stereocenters. The highest BCUT2D eigenvalue weighted by atomic mass is 32.1. The minimum absolute atomic E-state index is 0.134. The van der Waals surface area contributed by atoms with Crippen molar-refractivity contribution in [2.75, 3.05) is 4.90 Å². The molecule has 2 heteroatoms. The number of anilines is 2. The minimum atomic E-state index is 0.134. The van der Waals surface area contributed by atoms with E-state index in [0.29, 0.717) is 0 Å². The van der Waals surface area contributed by atoms with Crippen LogP contribution in [0.25, 0.3) is 64.7 Å². The van der Waals surface area contributed by atoms with E-state index in [1.54, 1.807) is 6.08 Å². The first-order valence-electron chi connectivity index (χ1n) is 19.6. The predicted molar refractivity (Wildman–Crippen MR) is 249 cm³/mol. The van der Waals surface area contributed by atoms with Crippen LogP contribution in [0.5, 0.6) is 0 Å². The summed E-state index contributed by atoms with van der Waals surface area (Å²) in [6, 6.07) is 62.3. The zero-order valence-corrected chi connectivity index (χ0v) is 32.9. The lowest BCUT2D eigenvalue weighted by Crippen LogP contribution is -2.30. The summed E-state index contributed by atoms with van der Waals surface area (Å²) in [6.07, 6.45) is 15.9. The van der Waals surface area contributed by atoms with Gasteiger partial charge in [0.2, 0.25) is 0 Å². The molecule has 0 spiro atoms. The fourth-order valence-electron chi connectivity index (χ4n) is 7.93. The monoisotopic (exact) mass is 749 g/mol. The second kappa shape index (κ2) is 16.2. The van der Waals surface area contributed by atoms with Gasteiger partial charge in [-0.3, -0.25) is 0 Å². The van der Waals surface area contributed by atoms with Crippen molar-refractivity contribution in [3.63, 3.8) is 0 Å². The van der Waals surface area contributed by atoms with Crippen LogP contribution in [0.1, 0.15) is 24.5 Å². The lowest BCUT2D eigenvalue weighted by atomic mass is 9.93. The van der Waals surface area contributed by atoms with Gasteiger partial charge < -0.3 is 4.90 Å². The number of thiophene rings is 1. The van der Waals surface area contributed by atoms with E-state index in [-0.39, 0.29) is 6.04 Å². The van der Waals surface area contributed by atoms with Crippen LogP contribution in [-0.4, -0.2) is 6.04 Å². The fourth-order valence-corrected chi connectivity index (χ4v) is 9.02. The van der Waals surface area contributed by atoms with Crippen LogP contribution < -0.4 is 4.90 Å². The molecule has 8 aromatic rings. The highest BCUT2D eigenvalue weighted by Gasteiger charge is 2.22. The summed E-state index contributed by atoms with van der Waals surface area (Å²) in [5.41, 5.74) is 14.6. The minimum Gasteiger partial charge on any atom is -0.334 e. The topological polar surface area (TPSA) is 3.24 Å². The van der Waals surface area contributed by atoms with Crippen LogP contribution in [0, 0.1) is 0 Å². The lowest BCUT2D eigenvalue weighted by Gasteiger charge is -2.33. The average molecular weight is 750 g/mol. The molecule has 57 heavy (non-hydrogen) atoms. The highest BCUT2D eigenvalue weighted by molar-refractivity contribution is 7.25. The molecule has 0 saturated heterocycles. The standard InChI is InChI=1S/C55H43NS/c1-3-4-6-14-39(2)43-17-11-18-44(35-43)41-25-30-49(31-26-41)56(50-32-27-42(28-33-50)46-20-12-19-45(36-46)40-15-7-5-8-16-40)51-22-13-21-47(37-51)48-29-34-55-53(38-48)52-23-9-10-24-54(52)57-55/h3-32,34-38,50H,1,33H2,2H3/b6-4-,39-14+/t50-/m0/s1. The van der Waals surface area contributed by atoms with Crippen LogP contribution in [0.4, 0.5) is 11.4 Å². The van der Waals surface area contributed by atoms with Crippen molar-refractivity contribution >= 4 is 54.0 Å². The van der Waals surface area contributed by atoms with Crippen molar-refractivity contribution in [3.05, 3.63) is 230 Å². The smallest absolute Gasteiger partial charge is 0.0560 e. The van der Waals surface area contributed by atoms with Gasteiger partial charge in [0.05, 0.1) is 6.04 Å². The molecule has 0 bridgehead atoms. The van der Waals surface area contributed by atoms with E-state index in [2.05, 4.69) is 213 Å². The third-order valence-corrected chi connectivity index (χ3v) is 12.1. The van der Waals surface area contributed by atoms with Gasteiger partial charge in [0.15, 0.2) is 0 Å². The Morgan fingerprint density at radius 3 is 2.02 bits per heavy atom. The molecular weight excluding hydrogens is 707 g/mol. The largest absolute Gasteiger partial charge is 0.334 e. The molecular formula is C55H43NS. The number of hydrogen-bond donors (Lipinski definition) is 0. The Kier molecular flexibility index (Phi) is 10.2. The molecule has 9 rings (SSSR count). The van der Waals surface area contributed by atoms with Gasteiger partial charge >= 0.3 is 0 Å². The zero-order chi connectivity index (χ0) is 38.6. The first-order valence-corrected chi connectivity index (χ1v) is 20.4. The Morgan fingerprint density at radius 1 is 0.561 bits per heavy atom. The van der Waals surface area contributed by atoms with Gasteiger partial charge in [-0.15, -0.1) is 11.3 Å². The number of allylic oxidation sites excluding steroid dienone is 7. The maximum Gasteiger partial charge on any atom is 0.0560 e. The Bertz CT molecular complexity index is 2850. The summed E-state index contributed by atoms with van der Waals surface area (Å²) in [6.45, 7) is 5.94. The molecule has 1 aliphatic rings. The molecule has 1 heterocycles. The molecule has 1 aromatic heterocycles. The SMILES string of the molecule is C=C/C=C\C=C(/C)c1cccc(-c2ccc(N(c3cccc(-c4ccc5sc6ccccc6c5c4)c3)[C@H]3C=CC(c4cccc(-c5ccccc5)c4)=CC3)cc2)c1. The molecule has 274 valence electrons. The first kappa shape index (κ1) is 35.9. The molecule has 0 aliphatic heterocycles. The van der Waals surface area contributed by atoms with Crippen molar-refractivity contribution in [3.8, 4) is 33.4 Å². The molecule has 0 amide bonds. The predicted octanol–water partition coefficient (Wildman–Crippen LogP) is 15.8. The molecule has 0 N–H and O–H groups in total. The number of rotatable bonds is 10. The first-order chi connectivity index (χ1) is 28.1. The average Bonchev–Trinajstić information content (AvgIpc) is 3.66. The number of fused-ring (bicyclic) bond motifs is 3. The van der Waals surface area contributed by atoms with Crippen LogP contribution in [0.2, 0.25) is 0 Å². The third kappa shape index (κ3) is 7.61. The van der Waals surface area contributed by atoms with Crippen LogP contribution in [0.3, 0.4) is 0 Å². The fraction of sp³-hybridized carbons (Fsp3) is 0.0545. The summed E-state index contributed by atoms with van der Waals surface area (Å²) < 4.78 is 2.65. The van der Waals surface area contributed by atoms with Gasteiger partial charge in [0.1, 0.15) is 0 Å². The molecule has 0 radical (unpaired) electrons. The quantitative estimate of drug-likeness (QED) is 0.126. The van der Waals surface area contributed by atoms with E-state index in [0.717, 1.165) is 12.1 Å². The maximum absolute atomic E-state index is 3.79. The van der Waals surface area contributed by atoms with Crippen molar-refractivity contribution in [1.82, 2.24) is 0 Å². The summed E-state index contributed by atoms with van der Waals surface area (Å²) >= 11 is 1.86. The Hall–Kier alpha value is -6.74. The van der Waals surface area contributed by atoms with Gasteiger partial charge in [0, 0.05) is 31.5 Å². The Labute approximate surface area is 340 Å². The molecule has 0 saturated carbocycles. The Balaban J connectivity index is 1.06. The molecule has 1 aliphatic carbocycles. The zero-order valence-electron chi connectivity index (χ0n) is 32.1. The van der Waals surface area contributed by atoms with Gasteiger partial charge in [-0.2, -0.15) is 0 Å². The van der Waals surface area contributed by atoms with Crippen molar-refractivity contribution in [1.29, 1.82) is 0 Å². The normalized spacial score (nSPS) is 14.3. The van der Waals surface area contributed by atoms with Crippen molar-refractivity contribution in [2.45, 2.75) is 19.4 Å². The second-order valence-corrected chi connectivity index (χ2v) is 15.7. The number of hydrogen-bond acceptors (Lipinski definition) is 2. The molecule has 1 nitrogen and oxygen atoms in total. The molecule has 0 fully saturated rings. The maximum atomic E-state index is 3.79. The van der Waals surface area contributed by atoms with E-state index in [4.69, 9.17) is 0 Å². The van der Waals surface area contributed by atoms with Gasteiger partial charge in [-0.05, 0) is 124 Å². The lowest BCUT2D eigenvalue weighted by molar-refractivity contribution is 0.787. The van der Waals surface area contributed by atoms with E-state index in [1.807, 2.05) is 23.5 Å².